The molecule has 2 atom stereocenters. The highest BCUT2D eigenvalue weighted by molar-refractivity contribution is 5.80. The molecule has 0 bridgehead atoms. The van der Waals surface area contributed by atoms with E-state index >= 15 is 0 Å². The molecule has 0 radical (unpaired) electrons. The van der Waals surface area contributed by atoms with Gasteiger partial charge in [-0.3, -0.25) is 9.48 Å². The summed E-state index contributed by atoms with van der Waals surface area (Å²) in [4.78, 5) is 11.7. The van der Waals surface area contributed by atoms with Crippen LogP contribution in [0.2, 0.25) is 0 Å². The van der Waals surface area contributed by atoms with E-state index in [9.17, 15) is 4.79 Å². The Morgan fingerprint density at radius 3 is 3.06 bits per heavy atom. The molecular formula is C12H19N3O2. The average molecular weight is 237 g/mol. The lowest BCUT2D eigenvalue weighted by molar-refractivity contribution is -0.149. The van der Waals surface area contributed by atoms with E-state index in [1.54, 1.807) is 0 Å². The van der Waals surface area contributed by atoms with Crippen LogP contribution in [0.5, 0.6) is 0 Å². The van der Waals surface area contributed by atoms with Crippen molar-refractivity contribution in [3.63, 3.8) is 0 Å². The van der Waals surface area contributed by atoms with Crippen molar-refractivity contribution < 1.29 is 9.53 Å². The molecule has 0 amide bonds. The van der Waals surface area contributed by atoms with Crippen molar-refractivity contribution in [1.29, 1.82) is 0 Å². The second-order valence-electron chi connectivity index (χ2n) is 4.90. The lowest BCUT2D eigenvalue weighted by Crippen LogP contribution is -2.52. The summed E-state index contributed by atoms with van der Waals surface area (Å²) in [6, 6.07) is 0.196. The van der Waals surface area contributed by atoms with Crippen molar-refractivity contribution in [3.8, 4) is 0 Å². The van der Waals surface area contributed by atoms with Crippen molar-refractivity contribution in [2.24, 2.45) is 5.73 Å². The van der Waals surface area contributed by atoms with Gasteiger partial charge in [0.15, 0.2) is 0 Å². The van der Waals surface area contributed by atoms with Gasteiger partial charge < -0.3 is 10.5 Å². The van der Waals surface area contributed by atoms with Crippen molar-refractivity contribution in [2.75, 3.05) is 7.11 Å². The number of aromatic nitrogens is 2. The van der Waals surface area contributed by atoms with Gasteiger partial charge >= 0.3 is 5.97 Å². The molecule has 2 rings (SSSR count). The number of carbonyl (C=O) groups is 1. The standard InChI is InChI=1S/C12H19N3O2/c1-9-7-14-15(8-9)10-4-3-5-12(13,6-10)11(16)17-2/h7-8,10H,3-6,13H2,1-2H3. The number of hydrogen-bond donors (Lipinski definition) is 1. The molecule has 1 aliphatic rings. The molecule has 1 heterocycles. The molecule has 1 aliphatic carbocycles. The highest BCUT2D eigenvalue weighted by Gasteiger charge is 2.41. The number of esters is 1. The molecule has 0 aromatic carbocycles. The third-order valence-corrected chi connectivity index (χ3v) is 3.46. The molecule has 1 saturated carbocycles. The van der Waals surface area contributed by atoms with Crippen LogP contribution in [0.15, 0.2) is 12.4 Å². The van der Waals surface area contributed by atoms with Gasteiger partial charge in [0.1, 0.15) is 5.54 Å². The molecule has 0 saturated heterocycles. The summed E-state index contributed by atoms with van der Waals surface area (Å²) in [5.74, 6) is -0.314. The van der Waals surface area contributed by atoms with Crippen LogP contribution in [0.25, 0.3) is 0 Å². The van der Waals surface area contributed by atoms with Gasteiger partial charge in [0, 0.05) is 6.20 Å². The van der Waals surface area contributed by atoms with E-state index in [0.717, 1.165) is 18.4 Å². The minimum atomic E-state index is -0.850. The summed E-state index contributed by atoms with van der Waals surface area (Å²) >= 11 is 0. The van der Waals surface area contributed by atoms with Crippen LogP contribution in [-0.4, -0.2) is 28.4 Å². The number of methoxy groups -OCH3 is 1. The zero-order chi connectivity index (χ0) is 12.5. The number of nitrogens with two attached hydrogens (primary N) is 1. The lowest BCUT2D eigenvalue weighted by Gasteiger charge is -2.35. The number of nitrogens with zero attached hydrogens (tertiary/aromatic N) is 2. The molecular weight excluding hydrogens is 218 g/mol. The summed E-state index contributed by atoms with van der Waals surface area (Å²) in [5, 5.41) is 4.30. The third-order valence-electron chi connectivity index (χ3n) is 3.46. The molecule has 5 heteroatoms. The monoisotopic (exact) mass is 237 g/mol. The van der Waals surface area contributed by atoms with Crippen molar-refractivity contribution in [3.05, 3.63) is 18.0 Å². The molecule has 17 heavy (non-hydrogen) atoms. The first-order valence-corrected chi connectivity index (χ1v) is 5.93. The zero-order valence-electron chi connectivity index (χ0n) is 10.3. The Morgan fingerprint density at radius 2 is 2.47 bits per heavy atom. The van der Waals surface area contributed by atoms with Gasteiger partial charge in [-0.2, -0.15) is 5.10 Å². The summed E-state index contributed by atoms with van der Waals surface area (Å²) in [6.07, 6.45) is 7.04. The van der Waals surface area contributed by atoms with Crippen LogP contribution in [0.4, 0.5) is 0 Å². The van der Waals surface area contributed by atoms with Gasteiger partial charge in [0.2, 0.25) is 0 Å². The maximum absolute atomic E-state index is 11.7. The Morgan fingerprint density at radius 1 is 1.71 bits per heavy atom. The van der Waals surface area contributed by atoms with Crippen molar-refractivity contribution in [2.45, 2.75) is 44.2 Å². The Labute approximate surface area is 101 Å². The largest absolute Gasteiger partial charge is 0.468 e. The molecule has 2 N–H and O–H groups in total. The van der Waals surface area contributed by atoms with Gasteiger partial charge in [0.25, 0.3) is 0 Å². The van der Waals surface area contributed by atoms with Gasteiger partial charge in [-0.05, 0) is 38.2 Å². The third kappa shape index (κ3) is 2.34. The topological polar surface area (TPSA) is 70.1 Å². The second kappa shape index (κ2) is 4.49. The Bertz CT molecular complexity index is 416. The van der Waals surface area contributed by atoms with Gasteiger partial charge in [-0.1, -0.05) is 0 Å². The number of aryl methyl sites for hydroxylation is 1. The minimum absolute atomic E-state index is 0.196. The first kappa shape index (κ1) is 12.1. The Balaban J connectivity index is 2.14. The second-order valence-corrected chi connectivity index (χ2v) is 4.90. The van der Waals surface area contributed by atoms with Gasteiger partial charge in [-0.25, -0.2) is 0 Å². The quantitative estimate of drug-likeness (QED) is 0.784. The summed E-state index contributed by atoms with van der Waals surface area (Å²) in [7, 11) is 1.39. The van der Waals surface area contributed by atoms with Crippen LogP contribution in [-0.2, 0) is 9.53 Å². The predicted molar refractivity (Wildman–Crippen MR) is 63.4 cm³/mol. The minimum Gasteiger partial charge on any atom is -0.468 e. The fourth-order valence-electron chi connectivity index (χ4n) is 2.52. The smallest absolute Gasteiger partial charge is 0.325 e. The Kier molecular flexibility index (Phi) is 3.19. The lowest BCUT2D eigenvalue weighted by atomic mass is 9.80. The van der Waals surface area contributed by atoms with Crippen LogP contribution in [0.1, 0.15) is 37.3 Å². The van der Waals surface area contributed by atoms with E-state index in [1.165, 1.54) is 7.11 Å². The molecule has 0 spiro atoms. The maximum atomic E-state index is 11.7. The first-order valence-electron chi connectivity index (χ1n) is 5.93. The Hall–Kier alpha value is -1.36. The van der Waals surface area contributed by atoms with Crippen molar-refractivity contribution >= 4 is 5.97 Å². The SMILES string of the molecule is COC(=O)C1(N)CCCC(n2cc(C)cn2)C1. The average Bonchev–Trinajstić information content (AvgIpc) is 2.75. The molecule has 1 aromatic rings. The van der Waals surface area contributed by atoms with E-state index in [2.05, 4.69) is 5.10 Å². The van der Waals surface area contributed by atoms with Gasteiger partial charge in [0.05, 0.1) is 19.3 Å². The molecule has 1 aromatic heterocycles. The fraction of sp³-hybridized carbons (Fsp3) is 0.667. The van der Waals surface area contributed by atoms with E-state index in [0.29, 0.717) is 12.8 Å². The molecule has 94 valence electrons. The van der Waals surface area contributed by atoms with E-state index in [4.69, 9.17) is 10.5 Å². The van der Waals surface area contributed by atoms with E-state index in [-0.39, 0.29) is 12.0 Å². The summed E-state index contributed by atoms with van der Waals surface area (Å²) in [5.41, 5.74) is 6.40. The summed E-state index contributed by atoms with van der Waals surface area (Å²) in [6.45, 7) is 2.00. The van der Waals surface area contributed by atoms with Crippen LogP contribution in [0, 0.1) is 6.92 Å². The zero-order valence-corrected chi connectivity index (χ0v) is 10.3. The molecule has 5 nitrogen and oxygen atoms in total. The normalized spacial score (nSPS) is 29.0. The predicted octanol–water partition coefficient (Wildman–Crippen LogP) is 1.18. The maximum Gasteiger partial charge on any atom is 0.325 e. The highest BCUT2D eigenvalue weighted by atomic mass is 16.5. The summed E-state index contributed by atoms with van der Waals surface area (Å²) < 4.78 is 6.70. The molecule has 2 unspecified atom stereocenters. The molecule has 0 aliphatic heterocycles. The number of hydrogen-bond acceptors (Lipinski definition) is 4. The molecule has 1 fully saturated rings. The first-order chi connectivity index (χ1) is 8.05. The number of carbonyl (C=O) groups excluding carboxylic acids is 1. The van der Waals surface area contributed by atoms with Crippen LogP contribution in [0.3, 0.4) is 0 Å². The number of rotatable bonds is 2. The van der Waals surface area contributed by atoms with E-state index in [1.807, 2.05) is 24.0 Å². The van der Waals surface area contributed by atoms with Crippen LogP contribution < -0.4 is 5.73 Å². The van der Waals surface area contributed by atoms with E-state index < -0.39 is 5.54 Å². The fourth-order valence-corrected chi connectivity index (χ4v) is 2.52. The highest BCUT2D eigenvalue weighted by Crippen LogP contribution is 2.34. The number of ether oxygens (including phenoxy) is 1. The van der Waals surface area contributed by atoms with Crippen molar-refractivity contribution in [1.82, 2.24) is 9.78 Å². The van der Waals surface area contributed by atoms with Gasteiger partial charge in [-0.15, -0.1) is 0 Å². The van der Waals surface area contributed by atoms with Crippen LogP contribution >= 0.6 is 0 Å².